The maximum absolute atomic E-state index is 13.3. The SMILES string of the molecule is Cc1ccccc1C(=O)N[C@@H](CC(C)C)C(=O)N1CCN(C/C=C/c2ccccc2)CC1. The van der Waals surface area contributed by atoms with Crippen LogP contribution in [-0.4, -0.2) is 60.4 Å². The Labute approximate surface area is 192 Å². The average molecular weight is 434 g/mol. The molecule has 5 heteroatoms. The number of benzene rings is 2. The molecule has 1 heterocycles. The van der Waals surface area contributed by atoms with Gasteiger partial charge in [-0.25, -0.2) is 0 Å². The Morgan fingerprint density at radius 3 is 2.28 bits per heavy atom. The fourth-order valence-electron chi connectivity index (χ4n) is 4.03. The summed E-state index contributed by atoms with van der Waals surface area (Å²) in [5.41, 5.74) is 2.74. The van der Waals surface area contributed by atoms with E-state index in [-0.39, 0.29) is 11.8 Å². The summed E-state index contributed by atoms with van der Waals surface area (Å²) < 4.78 is 0. The zero-order valence-electron chi connectivity index (χ0n) is 19.5. The van der Waals surface area contributed by atoms with E-state index in [1.54, 1.807) is 0 Å². The molecule has 0 radical (unpaired) electrons. The van der Waals surface area contributed by atoms with Crippen molar-refractivity contribution >= 4 is 17.9 Å². The minimum Gasteiger partial charge on any atom is -0.340 e. The summed E-state index contributed by atoms with van der Waals surface area (Å²) in [4.78, 5) is 30.4. The highest BCUT2D eigenvalue weighted by atomic mass is 16.2. The maximum atomic E-state index is 13.3. The summed E-state index contributed by atoms with van der Waals surface area (Å²) in [5.74, 6) is 0.164. The second-order valence-electron chi connectivity index (χ2n) is 8.91. The quantitative estimate of drug-likeness (QED) is 0.685. The van der Waals surface area contributed by atoms with Gasteiger partial charge in [-0.1, -0.05) is 74.5 Å². The lowest BCUT2D eigenvalue weighted by atomic mass is 10.0. The van der Waals surface area contributed by atoms with Gasteiger partial charge < -0.3 is 10.2 Å². The van der Waals surface area contributed by atoms with Gasteiger partial charge in [0.25, 0.3) is 5.91 Å². The minimum atomic E-state index is -0.494. The van der Waals surface area contributed by atoms with Gasteiger partial charge in [-0.05, 0) is 36.5 Å². The Kier molecular flexibility index (Phi) is 8.63. The lowest BCUT2D eigenvalue weighted by molar-refractivity contribution is -0.135. The molecule has 0 saturated carbocycles. The predicted molar refractivity (Wildman–Crippen MR) is 130 cm³/mol. The van der Waals surface area contributed by atoms with Gasteiger partial charge in [-0.15, -0.1) is 0 Å². The third-order valence-corrected chi connectivity index (χ3v) is 5.86. The fraction of sp³-hybridized carbons (Fsp3) is 0.407. The van der Waals surface area contributed by atoms with Crippen molar-refractivity contribution in [1.29, 1.82) is 0 Å². The normalized spacial score (nSPS) is 15.8. The second kappa shape index (κ2) is 11.6. The summed E-state index contributed by atoms with van der Waals surface area (Å²) in [6.45, 7) is 10.0. The molecule has 2 aromatic carbocycles. The van der Waals surface area contributed by atoms with Crippen LogP contribution in [0.3, 0.4) is 0 Å². The lowest BCUT2D eigenvalue weighted by Crippen LogP contribution is -2.55. The first-order valence-electron chi connectivity index (χ1n) is 11.5. The molecule has 1 atom stereocenters. The molecule has 0 spiro atoms. The molecule has 3 rings (SSSR count). The minimum absolute atomic E-state index is 0.0279. The second-order valence-corrected chi connectivity index (χ2v) is 8.91. The Morgan fingerprint density at radius 1 is 0.969 bits per heavy atom. The van der Waals surface area contributed by atoms with Crippen LogP contribution in [0.2, 0.25) is 0 Å². The van der Waals surface area contributed by atoms with Gasteiger partial charge in [0, 0.05) is 38.3 Å². The monoisotopic (exact) mass is 433 g/mol. The number of hydrogen-bond donors (Lipinski definition) is 1. The van der Waals surface area contributed by atoms with E-state index in [4.69, 9.17) is 0 Å². The van der Waals surface area contributed by atoms with E-state index in [0.717, 1.165) is 25.2 Å². The third kappa shape index (κ3) is 6.79. The van der Waals surface area contributed by atoms with Gasteiger partial charge in [0.15, 0.2) is 0 Å². The van der Waals surface area contributed by atoms with E-state index in [2.05, 4.69) is 48.3 Å². The van der Waals surface area contributed by atoms with Crippen molar-refractivity contribution in [2.75, 3.05) is 32.7 Å². The number of carbonyl (C=O) groups excluding carboxylic acids is 2. The summed E-state index contributed by atoms with van der Waals surface area (Å²) in [6.07, 6.45) is 4.95. The van der Waals surface area contributed by atoms with Gasteiger partial charge in [-0.2, -0.15) is 0 Å². The predicted octanol–water partition coefficient (Wildman–Crippen LogP) is 4.00. The Balaban J connectivity index is 1.55. The van der Waals surface area contributed by atoms with Crippen LogP contribution in [0.15, 0.2) is 60.7 Å². The highest BCUT2D eigenvalue weighted by Gasteiger charge is 2.29. The maximum Gasteiger partial charge on any atom is 0.252 e. The van der Waals surface area contributed by atoms with Gasteiger partial charge in [0.2, 0.25) is 5.91 Å². The number of hydrogen-bond acceptors (Lipinski definition) is 3. The van der Waals surface area contributed by atoms with Crippen LogP contribution in [0, 0.1) is 12.8 Å². The highest BCUT2D eigenvalue weighted by molar-refractivity contribution is 5.98. The molecule has 0 aliphatic carbocycles. The zero-order valence-corrected chi connectivity index (χ0v) is 19.5. The van der Waals surface area contributed by atoms with Crippen LogP contribution < -0.4 is 5.32 Å². The Morgan fingerprint density at radius 2 is 1.62 bits per heavy atom. The van der Waals surface area contributed by atoms with E-state index >= 15 is 0 Å². The van der Waals surface area contributed by atoms with E-state index in [0.29, 0.717) is 31.0 Å². The fourth-order valence-corrected chi connectivity index (χ4v) is 4.03. The van der Waals surface area contributed by atoms with Crippen molar-refractivity contribution in [2.45, 2.75) is 33.2 Å². The van der Waals surface area contributed by atoms with E-state index in [1.807, 2.05) is 54.3 Å². The van der Waals surface area contributed by atoms with Crippen LogP contribution in [-0.2, 0) is 4.79 Å². The molecule has 1 saturated heterocycles. The van der Waals surface area contributed by atoms with Crippen LogP contribution in [0.25, 0.3) is 6.08 Å². The summed E-state index contributed by atoms with van der Waals surface area (Å²) in [7, 11) is 0. The first-order valence-corrected chi connectivity index (χ1v) is 11.5. The smallest absolute Gasteiger partial charge is 0.252 e. The largest absolute Gasteiger partial charge is 0.340 e. The van der Waals surface area contributed by atoms with E-state index in [9.17, 15) is 9.59 Å². The van der Waals surface area contributed by atoms with Gasteiger partial charge in [0.05, 0.1) is 0 Å². The van der Waals surface area contributed by atoms with Crippen molar-refractivity contribution in [3.05, 3.63) is 77.4 Å². The summed E-state index contributed by atoms with van der Waals surface area (Å²) >= 11 is 0. The summed E-state index contributed by atoms with van der Waals surface area (Å²) in [6, 6.07) is 17.3. The molecule has 1 fully saturated rings. The van der Waals surface area contributed by atoms with E-state index in [1.165, 1.54) is 5.56 Å². The highest BCUT2D eigenvalue weighted by Crippen LogP contribution is 2.13. The first kappa shape index (κ1) is 23.7. The Hall–Kier alpha value is -2.92. The first-order chi connectivity index (χ1) is 15.4. The number of amides is 2. The number of carbonyl (C=O) groups is 2. The third-order valence-electron chi connectivity index (χ3n) is 5.86. The molecular weight excluding hydrogens is 398 g/mol. The van der Waals surface area contributed by atoms with Crippen molar-refractivity contribution in [2.24, 2.45) is 5.92 Å². The van der Waals surface area contributed by atoms with Crippen molar-refractivity contribution in [1.82, 2.24) is 15.1 Å². The lowest BCUT2D eigenvalue weighted by Gasteiger charge is -2.36. The van der Waals surface area contributed by atoms with Gasteiger partial charge in [-0.3, -0.25) is 14.5 Å². The van der Waals surface area contributed by atoms with Crippen molar-refractivity contribution < 1.29 is 9.59 Å². The molecule has 32 heavy (non-hydrogen) atoms. The standard InChI is InChI=1S/C27H35N3O2/c1-21(2)20-25(28-26(31)24-14-8-7-10-22(24)3)27(32)30-18-16-29(17-19-30)15-9-13-23-11-5-4-6-12-23/h4-14,21,25H,15-20H2,1-3H3,(H,28,31)/b13-9+/t25-/m0/s1. The molecule has 170 valence electrons. The molecule has 2 aromatic rings. The summed E-state index contributed by atoms with van der Waals surface area (Å²) in [5, 5.41) is 3.01. The van der Waals surface area contributed by atoms with Crippen LogP contribution in [0.4, 0.5) is 0 Å². The van der Waals surface area contributed by atoms with Crippen molar-refractivity contribution in [3.8, 4) is 0 Å². The van der Waals surface area contributed by atoms with Crippen LogP contribution in [0.1, 0.15) is 41.8 Å². The number of nitrogens with one attached hydrogen (secondary N) is 1. The van der Waals surface area contributed by atoms with E-state index < -0.39 is 6.04 Å². The molecule has 1 N–H and O–H groups in total. The average Bonchev–Trinajstić information content (AvgIpc) is 2.79. The number of rotatable bonds is 8. The molecule has 0 aromatic heterocycles. The number of aryl methyl sites for hydroxylation is 1. The zero-order chi connectivity index (χ0) is 22.9. The molecular formula is C27H35N3O2. The Bertz CT molecular complexity index is 916. The molecule has 1 aliphatic heterocycles. The molecule has 2 amide bonds. The molecule has 0 unspecified atom stereocenters. The number of nitrogens with zero attached hydrogens (tertiary/aromatic N) is 2. The number of piperazine rings is 1. The topological polar surface area (TPSA) is 52.7 Å². The van der Waals surface area contributed by atoms with Crippen LogP contribution >= 0.6 is 0 Å². The van der Waals surface area contributed by atoms with Gasteiger partial charge >= 0.3 is 0 Å². The van der Waals surface area contributed by atoms with Crippen molar-refractivity contribution in [3.63, 3.8) is 0 Å². The van der Waals surface area contributed by atoms with Gasteiger partial charge in [0.1, 0.15) is 6.04 Å². The molecule has 5 nitrogen and oxygen atoms in total. The molecule has 1 aliphatic rings. The molecule has 0 bridgehead atoms. The van der Waals surface area contributed by atoms with Crippen LogP contribution in [0.5, 0.6) is 0 Å².